The maximum Gasteiger partial charge on any atom is 0.407 e. The summed E-state index contributed by atoms with van der Waals surface area (Å²) >= 11 is 0. The van der Waals surface area contributed by atoms with Gasteiger partial charge in [0.25, 0.3) is 0 Å². The second-order valence-corrected chi connectivity index (χ2v) is 7.95. The number of hydrogen-bond acceptors (Lipinski definition) is 5. The van der Waals surface area contributed by atoms with Crippen LogP contribution in [-0.2, 0) is 4.74 Å². The standard InChI is InChI=1S/C26H25NO5/c1-16-10-11-17(14-28)12-22(16)25(30)24(29)13-27-26(31)32-15-23-20-8-4-2-6-18(20)19-7-3-5-9-21(19)23/h2-12,14,23-25,29-30H,13,15H2,1H3,(H,27,31). The number of amides is 1. The summed E-state index contributed by atoms with van der Waals surface area (Å²) in [5.74, 6) is -0.0580. The smallest absolute Gasteiger partial charge is 0.407 e. The maximum absolute atomic E-state index is 12.3. The number of rotatable bonds is 7. The Balaban J connectivity index is 1.35. The summed E-state index contributed by atoms with van der Waals surface area (Å²) in [4.78, 5) is 23.3. The van der Waals surface area contributed by atoms with Gasteiger partial charge in [-0.3, -0.25) is 4.79 Å². The molecule has 32 heavy (non-hydrogen) atoms. The Morgan fingerprint density at radius 1 is 1.03 bits per heavy atom. The van der Waals surface area contributed by atoms with Gasteiger partial charge in [-0.25, -0.2) is 4.79 Å². The van der Waals surface area contributed by atoms with Gasteiger partial charge in [0, 0.05) is 18.0 Å². The van der Waals surface area contributed by atoms with Crippen molar-refractivity contribution in [3.8, 4) is 11.1 Å². The lowest BCUT2D eigenvalue weighted by Crippen LogP contribution is -2.36. The van der Waals surface area contributed by atoms with Crippen LogP contribution in [0.1, 0.15) is 44.6 Å². The monoisotopic (exact) mass is 431 g/mol. The van der Waals surface area contributed by atoms with Crippen molar-refractivity contribution in [2.45, 2.75) is 25.0 Å². The van der Waals surface area contributed by atoms with Crippen LogP contribution in [0.4, 0.5) is 4.79 Å². The van der Waals surface area contributed by atoms with Gasteiger partial charge in [0.2, 0.25) is 0 Å². The number of ether oxygens (including phenoxy) is 1. The molecule has 0 aliphatic heterocycles. The van der Waals surface area contributed by atoms with Crippen LogP contribution < -0.4 is 5.32 Å². The molecule has 0 aromatic heterocycles. The quantitative estimate of drug-likeness (QED) is 0.496. The summed E-state index contributed by atoms with van der Waals surface area (Å²) in [6.07, 6.45) is -2.49. The number of aryl methyl sites for hydroxylation is 1. The number of fused-ring (bicyclic) bond motifs is 3. The first-order valence-electron chi connectivity index (χ1n) is 10.5. The van der Waals surface area contributed by atoms with E-state index in [0.29, 0.717) is 17.4 Å². The number of hydrogen-bond donors (Lipinski definition) is 3. The van der Waals surface area contributed by atoms with Gasteiger partial charge < -0.3 is 20.3 Å². The number of carbonyl (C=O) groups excluding carboxylic acids is 2. The molecule has 3 N–H and O–H groups in total. The first-order valence-corrected chi connectivity index (χ1v) is 10.5. The second kappa shape index (κ2) is 9.34. The van der Waals surface area contributed by atoms with Gasteiger partial charge in [-0.15, -0.1) is 0 Å². The molecule has 0 spiro atoms. The van der Waals surface area contributed by atoms with E-state index in [1.54, 1.807) is 19.1 Å². The number of aliphatic hydroxyl groups is 2. The molecular weight excluding hydrogens is 406 g/mol. The molecule has 0 radical (unpaired) electrons. The molecule has 0 saturated heterocycles. The first-order chi connectivity index (χ1) is 15.5. The average molecular weight is 431 g/mol. The number of carbonyl (C=O) groups is 2. The Kier molecular flexibility index (Phi) is 6.35. The fourth-order valence-electron chi connectivity index (χ4n) is 4.21. The molecule has 2 unspecified atom stereocenters. The summed E-state index contributed by atoms with van der Waals surface area (Å²) in [7, 11) is 0. The van der Waals surface area contributed by atoms with Crippen LogP contribution in [0.5, 0.6) is 0 Å². The van der Waals surface area contributed by atoms with E-state index in [0.717, 1.165) is 27.8 Å². The molecule has 0 bridgehead atoms. The average Bonchev–Trinajstić information content (AvgIpc) is 3.14. The van der Waals surface area contributed by atoms with Gasteiger partial charge in [0.15, 0.2) is 0 Å². The number of nitrogens with one attached hydrogen (secondary N) is 1. The largest absolute Gasteiger partial charge is 0.449 e. The van der Waals surface area contributed by atoms with Crippen molar-refractivity contribution in [2.75, 3.05) is 13.2 Å². The van der Waals surface area contributed by atoms with E-state index in [4.69, 9.17) is 4.74 Å². The molecule has 4 rings (SSSR count). The predicted molar refractivity (Wildman–Crippen MR) is 121 cm³/mol. The summed E-state index contributed by atoms with van der Waals surface area (Å²) in [6.45, 7) is 1.75. The minimum atomic E-state index is -1.25. The van der Waals surface area contributed by atoms with E-state index < -0.39 is 18.3 Å². The number of benzene rings is 3. The van der Waals surface area contributed by atoms with Crippen molar-refractivity contribution in [3.63, 3.8) is 0 Å². The van der Waals surface area contributed by atoms with Crippen LogP contribution in [-0.4, -0.2) is 41.8 Å². The lowest BCUT2D eigenvalue weighted by molar-refractivity contribution is 0.0182. The molecule has 0 heterocycles. The topological polar surface area (TPSA) is 95.9 Å². The van der Waals surface area contributed by atoms with E-state index in [1.807, 2.05) is 36.4 Å². The highest BCUT2D eigenvalue weighted by Crippen LogP contribution is 2.44. The summed E-state index contributed by atoms with van der Waals surface area (Å²) < 4.78 is 5.45. The van der Waals surface area contributed by atoms with E-state index >= 15 is 0 Å². The van der Waals surface area contributed by atoms with Crippen LogP contribution in [0.15, 0.2) is 66.7 Å². The highest BCUT2D eigenvalue weighted by Gasteiger charge is 2.29. The van der Waals surface area contributed by atoms with Gasteiger partial charge in [-0.1, -0.05) is 60.7 Å². The van der Waals surface area contributed by atoms with Crippen LogP contribution >= 0.6 is 0 Å². The van der Waals surface area contributed by atoms with Crippen molar-refractivity contribution in [1.29, 1.82) is 0 Å². The van der Waals surface area contributed by atoms with Gasteiger partial charge in [-0.05, 0) is 46.4 Å². The fraction of sp³-hybridized carbons (Fsp3) is 0.231. The number of alkyl carbamates (subject to hydrolysis) is 1. The maximum atomic E-state index is 12.3. The Bertz CT molecular complexity index is 1100. The zero-order valence-corrected chi connectivity index (χ0v) is 17.7. The molecule has 0 saturated carbocycles. The van der Waals surface area contributed by atoms with E-state index in [2.05, 4.69) is 17.4 Å². The molecule has 6 nitrogen and oxygen atoms in total. The highest BCUT2D eigenvalue weighted by atomic mass is 16.5. The van der Waals surface area contributed by atoms with Gasteiger partial charge in [0.1, 0.15) is 25.1 Å². The van der Waals surface area contributed by atoms with Crippen LogP contribution in [0.3, 0.4) is 0 Å². The molecular formula is C26H25NO5. The number of aliphatic hydroxyl groups excluding tert-OH is 2. The zero-order valence-electron chi connectivity index (χ0n) is 17.7. The lowest BCUT2D eigenvalue weighted by Gasteiger charge is -2.21. The van der Waals surface area contributed by atoms with Crippen molar-refractivity contribution in [3.05, 3.63) is 94.5 Å². The minimum Gasteiger partial charge on any atom is -0.449 e. The molecule has 3 aromatic rings. The van der Waals surface area contributed by atoms with Crippen LogP contribution in [0.25, 0.3) is 11.1 Å². The van der Waals surface area contributed by atoms with Crippen molar-refractivity contribution >= 4 is 12.4 Å². The Morgan fingerprint density at radius 3 is 2.28 bits per heavy atom. The summed E-state index contributed by atoms with van der Waals surface area (Å²) in [6, 6.07) is 21.0. The fourth-order valence-corrected chi connectivity index (χ4v) is 4.21. The normalized spacial score (nSPS) is 14.2. The zero-order chi connectivity index (χ0) is 22.7. The van der Waals surface area contributed by atoms with Crippen molar-refractivity contribution in [1.82, 2.24) is 5.32 Å². The van der Waals surface area contributed by atoms with Gasteiger partial charge >= 0.3 is 6.09 Å². The molecule has 1 amide bonds. The first kappa shape index (κ1) is 21.7. The van der Waals surface area contributed by atoms with Crippen molar-refractivity contribution < 1.29 is 24.5 Å². The third kappa shape index (κ3) is 4.28. The van der Waals surface area contributed by atoms with E-state index in [1.165, 1.54) is 6.07 Å². The highest BCUT2D eigenvalue weighted by molar-refractivity contribution is 5.79. The molecule has 1 aliphatic rings. The molecule has 0 fully saturated rings. The Morgan fingerprint density at radius 2 is 1.66 bits per heavy atom. The van der Waals surface area contributed by atoms with Crippen molar-refractivity contribution in [2.24, 2.45) is 0 Å². The summed E-state index contributed by atoms with van der Waals surface area (Å²) in [5.41, 5.74) is 6.10. The van der Waals surface area contributed by atoms with E-state index in [9.17, 15) is 19.8 Å². The minimum absolute atomic E-state index is 0.0580. The Hall–Kier alpha value is -3.48. The Labute approximate surface area is 186 Å². The van der Waals surface area contributed by atoms with Gasteiger partial charge in [-0.2, -0.15) is 0 Å². The number of aldehydes is 1. The predicted octanol–water partition coefficient (Wildman–Crippen LogP) is 3.74. The molecule has 1 aliphatic carbocycles. The molecule has 2 atom stereocenters. The van der Waals surface area contributed by atoms with E-state index in [-0.39, 0.29) is 19.1 Å². The third-order valence-corrected chi connectivity index (χ3v) is 5.92. The van der Waals surface area contributed by atoms with Crippen LogP contribution in [0, 0.1) is 6.92 Å². The molecule has 164 valence electrons. The SMILES string of the molecule is Cc1ccc(C=O)cc1C(O)C(O)CNC(=O)OCC1c2ccccc2-c2ccccc21. The second-order valence-electron chi connectivity index (χ2n) is 7.95. The lowest BCUT2D eigenvalue weighted by atomic mass is 9.97. The molecule has 3 aromatic carbocycles. The van der Waals surface area contributed by atoms with Gasteiger partial charge in [0.05, 0.1) is 0 Å². The summed E-state index contributed by atoms with van der Waals surface area (Å²) in [5, 5.41) is 23.3. The molecule has 6 heteroatoms. The van der Waals surface area contributed by atoms with Crippen LogP contribution in [0.2, 0.25) is 0 Å². The third-order valence-electron chi connectivity index (χ3n) is 5.92.